The Morgan fingerprint density at radius 3 is 2.74 bits per heavy atom. The average Bonchev–Trinajstić information content (AvgIpc) is 3.15. The van der Waals surface area contributed by atoms with Crippen molar-refractivity contribution in [1.82, 2.24) is 9.99 Å². The van der Waals surface area contributed by atoms with Crippen molar-refractivity contribution in [2.24, 2.45) is 5.10 Å². The summed E-state index contributed by atoms with van der Waals surface area (Å²) in [6.45, 7) is 4.02. The predicted molar refractivity (Wildman–Crippen MR) is 108 cm³/mol. The molecule has 138 valence electrons. The highest BCUT2D eigenvalue weighted by molar-refractivity contribution is 5.82. The fraction of sp³-hybridized carbons (Fsp3) is 0.182. The van der Waals surface area contributed by atoms with Gasteiger partial charge in [0.15, 0.2) is 6.61 Å². The van der Waals surface area contributed by atoms with Gasteiger partial charge in [-0.25, -0.2) is 5.43 Å². The molecule has 0 aliphatic carbocycles. The standard InChI is InChI=1S/C22H23N3O2/c1-3-18-12-17(2)13-21(14-18)27-16-22(26)24-23-15-20-10-7-11-25(20)19-8-5-4-6-9-19/h4-15H,3,16H2,1-2H3,(H,24,26)/b23-15+. The largest absolute Gasteiger partial charge is 0.484 e. The van der Waals surface area contributed by atoms with Gasteiger partial charge in [0.1, 0.15) is 5.75 Å². The minimum absolute atomic E-state index is 0.0797. The molecule has 0 saturated carbocycles. The Morgan fingerprint density at radius 1 is 1.15 bits per heavy atom. The summed E-state index contributed by atoms with van der Waals surface area (Å²) in [6, 6.07) is 19.8. The number of nitrogens with one attached hydrogen (secondary N) is 1. The summed E-state index contributed by atoms with van der Waals surface area (Å²) in [5, 5.41) is 4.04. The molecule has 3 aromatic rings. The zero-order chi connectivity index (χ0) is 19.1. The number of hydrazone groups is 1. The Kier molecular flexibility index (Phi) is 6.05. The third-order valence-corrected chi connectivity index (χ3v) is 4.09. The number of nitrogens with zero attached hydrogens (tertiary/aromatic N) is 2. The van der Waals surface area contributed by atoms with E-state index >= 15 is 0 Å². The number of hydrogen-bond acceptors (Lipinski definition) is 3. The van der Waals surface area contributed by atoms with Crippen LogP contribution in [0.5, 0.6) is 5.75 Å². The van der Waals surface area contributed by atoms with Gasteiger partial charge in [0.05, 0.1) is 11.9 Å². The second-order valence-corrected chi connectivity index (χ2v) is 6.23. The van der Waals surface area contributed by atoms with Crippen LogP contribution >= 0.6 is 0 Å². The number of aromatic nitrogens is 1. The Morgan fingerprint density at radius 2 is 1.96 bits per heavy atom. The molecule has 1 N–H and O–H groups in total. The molecule has 3 rings (SSSR count). The summed E-state index contributed by atoms with van der Waals surface area (Å²) in [6.07, 6.45) is 4.49. The SMILES string of the molecule is CCc1cc(C)cc(OCC(=O)N/N=C/c2cccn2-c2ccccc2)c1. The molecule has 0 aliphatic rings. The van der Waals surface area contributed by atoms with Crippen molar-refractivity contribution >= 4 is 12.1 Å². The Bertz CT molecular complexity index is 930. The zero-order valence-electron chi connectivity index (χ0n) is 15.6. The molecule has 27 heavy (non-hydrogen) atoms. The number of ether oxygens (including phenoxy) is 1. The summed E-state index contributed by atoms with van der Waals surface area (Å²) in [5.74, 6) is 0.396. The van der Waals surface area contributed by atoms with Crippen molar-refractivity contribution in [1.29, 1.82) is 0 Å². The molecule has 1 aromatic heterocycles. The highest BCUT2D eigenvalue weighted by atomic mass is 16.5. The van der Waals surface area contributed by atoms with E-state index in [1.165, 1.54) is 5.56 Å². The van der Waals surface area contributed by atoms with Crippen LogP contribution in [-0.4, -0.2) is 23.3 Å². The minimum Gasteiger partial charge on any atom is -0.484 e. The van der Waals surface area contributed by atoms with Gasteiger partial charge in [0.2, 0.25) is 0 Å². The molecule has 1 heterocycles. The Labute approximate surface area is 159 Å². The summed E-state index contributed by atoms with van der Waals surface area (Å²) in [4.78, 5) is 12.0. The first-order chi connectivity index (χ1) is 13.2. The van der Waals surface area contributed by atoms with Crippen LogP contribution < -0.4 is 10.2 Å². The van der Waals surface area contributed by atoms with Gasteiger partial charge in [0, 0.05) is 11.9 Å². The van der Waals surface area contributed by atoms with Crippen LogP contribution in [0.4, 0.5) is 0 Å². The van der Waals surface area contributed by atoms with Gasteiger partial charge in [0.25, 0.3) is 5.91 Å². The highest BCUT2D eigenvalue weighted by Gasteiger charge is 2.04. The van der Waals surface area contributed by atoms with Gasteiger partial charge in [-0.3, -0.25) is 4.79 Å². The van der Waals surface area contributed by atoms with Gasteiger partial charge >= 0.3 is 0 Å². The summed E-state index contributed by atoms with van der Waals surface area (Å²) >= 11 is 0. The molecule has 2 aromatic carbocycles. The number of carbonyl (C=O) groups excluding carboxylic acids is 1. The van der Waals surface area contributed by atoms with Crippen molar-refractivity contribution in [3.05, 3.63) is 83.7 Å². The number of rotatable bonds is 7. The van der Waals surface area contributed by atoms with Crippen molar-refractivity contribution in [2.45, 2.75) is 20.3 Å². The molecule has 0 atom stereocenters. The number of carbonyl (C=O) groups is 1. The summed E-state index contributed by atoms with van der Waals surface area (Å²) < 4.78 is 7.57. The van der Waals surface area contributed by atoms with Gasteiger partial charge < -0.3 is 9.30 Å². The average molecular weight is 361 g/mol. The smallest absolute Gasteiger partial charge is 0.277 e. The van der Waals surface area contributed by atoms with Crippen LogP contribution in [0.1, 0.15) is 23.7 Å². The predicted octanol–water partition coefficient (Wildman–Crippen LogP) is 3.88. The van der Waals surface area contributed by atoms with E-state index in [4.69, 9.17) is 4.74 Å². The second-order valence-electron chi connectivity index (χ2n) is 6.23. The van der Waals surface area contributed by atoms with E-state index in [1.54, 1.807) is 6.21 Å². The molecule has 0 bridgehead atoms. The minimum atomic E-state index is -0.302. The first-order valence-electron chi connectivity index (χ1n) is 8.94. The van der Waals surface area contributed by atoms with E-state index in [0.717, 1.165) is 23.4 Å². The first-order valence-corrected chi connectivity index (χ1v) is 8.94. The van der Waals surface area contributed by atoms with E-state index in [-0.39, 0.29) is 12.5 Å². The fourth-order valence-corrected chi connectivity index (χ4v) is 2.79. The van der Waals surface area contributed by atoms with E-state index in [0.29, 0.717) is 5.75 Å². The van der Waals surface area contributed by atoms with Crippen molar-refractivity contribution in [2.75, 3.05) is 6.61 Å². The van der Waals surface area contributed by atoms with Gasteiger partial charge in [-0.2, -0.15) is 5.10 Å². The lowest BCUT2D eigenvalue weighted by Gasteiger charge is -2.08. The van der Waals surface area contributed by atoms with Gasteiger partial charge in [-0.1, -0.05) is 31.2 Å². The quantitative estimate of drug-likeness (QED) is 0.513. The lowest BCUT2D eigenvalue weighted by Crippen LogP contribution is -2.24. The summed E-state index contributed by atoms with van der Waals surface area (Å²) in [5.41, 5.74) is 6.71. The molecule has 0 fully saturated rings. The number of benzene rings is 2. The number of para-hydroxylation sites is 1. The molecular formula is C22H23N3O2. The lowest BCUT2D eigenvalue weighted by molar-refractivity contribution is -0.123. The second kappa shape index (κ2) is 8.85. The molecule has 0 aliphatic heterocycles. The third kappa shape index (κ3) is 5.07. The van der Waals surface area contributed by atoms with Crippen LogP contribution in [0.3, 0.4) is 0 Å². The maximum Gasteiger partial charge on any atom is 0.277 e. The number of hydrogen-bond donors (Lipinski definition) is 1. The van der Waals surface area contributed by atoms with Gasteiger partial charge in [-0.15, -0.1) is 0 Å². The molecule has 5 nitrogen and oxygen atoms in total. The highest BCUT2D eigenvalue weighted by Crippen LogP contribution is 2.17. The fourth-order valence-electron chi connectivity index (χ4n) is 2.79. The van der Waals surface area contributed by atoms with Crippen LogP contribution in [0.15, 0.2) is 72.0 Å². The van der Waals surface area contributed by atoms with Crippen molar-refractivity contribution < 1.29 is 9.53 Å². The maximum atomic E-state index is 12.0. The molecule has 0 spiro atoms. The van der Waals surface area contributed by atoms with Crippen LogP contribution in [-0.2, 0) is 11.2 Å². The normalized spacial score (nSPS) is 10.9. The molecule has 0 unspecified atom stereocenters. The van der Waals surface area contributed by atoms with Crippen LogP contribution in [0.2, 0.25) is 0 Å². The number of aryl methyl sites for hydroxylation is 2. The van der Waals surface area contributed by atoms with E-state index in [9.17, 15) is 4.79 Å². The molecule has 5 heteroatoms. The molecular weight excluding hydrogens is 338 g/mol. The Hall–Kier alpha value is -3.34. The topological polar surface area (TPSA) is 55.6 Å². The van der Waals surface area contributed by atoms with Crippen molar-refractivity contribution in [3.63, 3.8) is 0 Å². The summed E-state index contributed by atoms with van der Waals surface area (Å²) in [7, 11) is 0. The van der Waals surface area contributed by atoms with E-state index in [1.807, 2.05) is 72.3 Å². The number of amides is 1. The molecule has 1 amide bonds. The third-order valence-electron chi connectivity index (χ3n) is 4.09. The van der Waals surface area contributed by atoms with Crippen LogP contribution in [0.25, 0.3) is 5.69 Å². The van der Waals surface area contributed by atoms with Gasteiger partial charge in [-0.05, 0) is 60.9 Å². The molecule has 0 radical (unpaired) electrons. The Balaban J connectivity index is 1.56. The lowest BCUT2D eigenvalue weighted by atomic mass is 10.1. The maximum absolute atomic E-state index is 12.0. The van der Waals surface area contributed by atoms with Crippen LogP contribution in [0, 0.1) is 6.92 Å². The van der Waals surface area contributed by atoms with Crippen molar-refractivity contribution in [3.8, 4) is 11.4 Å². The zero-order valence-corrected chi connectivity index (χ0v) is 15.6. The van der Waals surface area contributed by atoms with E-state index in [2.05, 4.69) is 23.5 Å². The first kappa shape index (κ1) is 18.5. The van der Waals surface area contributed by atoms with E-state index < -0.39 is 0 Å². The molecule has 0 saturated heterocycles. The monoisotopic (exact) mass is 361 g/mol.